The van der Waals surface area contributed by atoms with Crippen LogP contribution >= 0.6 is 11.3 Å². The first-order valence-electron chi connectivity index (χ1n) is 7.89. The van der Waals surface area contributed by atoms with Gasteiger partial charge < -0.3 is 10.4 Å². The van der Waals surface area contributed by atoms with E-state index in [-0.39, 0.29) is 5.91 Å². The predicted molar refractivity (Wildman–Crippen MR) is 91.7 cm³/mol. The second kappa shape index (κ2) is 8.53. The first-order chi connectivity index (χ1) is 12.6. The van der Waals surface area contributed by atoms with Crippen LogP contribution in [0.4, 0.5) is 13.2 Å². The Morgan fingerprint density at radius 3 is 2.56 bits per heavy atom. The minimum Gasteiger partial charge on any atom is -0.475 e. The Kier molecular flexibility index (Phi) is 6.60. The van der Waals surface area contributed by atoms with Crippen LogP contribution in [-0.2, 0) is 42.8 Å². The third kappa shape index (κ3) is 5.79. The molecule has 7 nitrogen and oxygen atoms in total. The molecule has 0 radical (unpaired) electrons. The Hall–Kier alpha value is -2.40. The standard InChI is InChI=1S/C14H18N4OS.C2HF3O2/c1-10(19)15-5-13-12-7-18(6-11-3-4-20-9-11)8-14(12)17(2)16-13;3-2(4,5)1(6)7/h3-4,9H,5-8H2,1-2H3,(H,15,19);(H,6,7). The lowest BCUT2D eigenvalue weighted by molar-refractivity contribution is -0.192. The third-order valence-electron chi connectivity index (χ3n) is 3.85. The lowest BCUT2D eigenvalue weighted by Gasteiger charge is -2.14. The molecule has 2 N–H and O–H groups in total. The fourth-order valence-corrected chi connectivity index (χ4v) is 3.30. The number of alkyl halides is 3. The molecule has 2 aromatic rings. The Labute approximate surface area is 157 Å². The number of nitrogens with zero attached hydrogens (tertiary/aromatic N) is 3. The summed E-state index contributed by atoms with van der Waals surface area (Å²) < 4.78 is 33.7. The Balaban J connectivity index is 0.000000321. The summed E-state index contributed by atoms with van der Waals surface area (Å²) in [5.74, 6) is -2.77. The summed E-state index contributed by atoms with van der Waals surface area (Å²) in [6.07, 6.45) is -5.08. The van der Waals surface area contributed by atoms with Crippen molar-refractivity contribution >= 4 is 23.2 Å². The van der Waals surface area contributed by atoms with Gasteiger partial charge in [-0.05, 0) is 22.4 Å². The molecule has 0 atom stereocenters. The van der Waals surface area contributed by atoms with Gasteiger partial charge in [-0.25, -0.2) is 4.79 Å². The van der Waals surface area contributed by atoms with E-state index in [1.54, 1.807) is 11.3 Å². The van der Waals surface area contributed by atoms with E-state index in [9.17, 15) is 18.0 Å². The van der Waals surface area contributed by atoms with Crippen molar-refractivity contribution < 1.29 is 27.9 Å². The van der Waals surface area contributed by atoms with Gasteiger partial charge in [0.1, 0.15) is 0 Å². The van der Waals surface area contributed by atoms with Crippen molar-refractivity contribution in [2.24, 2.45) is 7.05 Å². The number of carbonyl (C=O) groups is 2. The van der Waals surface area contributed by atoms with Crippen molar-refractivity contribution in [2.45, 2.75) is 39.3 Å². The fourth-order valence-electron chi connectivity index (χ4n) is 2.64. The van der Waals surface area contributed by atoms with Crippen LogP contribution in [0.1, 0.15) is 29.4 Å². The molecule has 27 heavy (non-hydrogen) atoms. The molecule has 0 saturated carbocycles. The molecule has 1 amide bonds. The summed E-state index contributed by atoms with van der Waals surface area (Å²) in [6.45, 7) is 4.86. The van der Waals surface area contributed by atoms with Gasteiger partial charge in [-0.15, -0.1) is 0 Å². The van der Waals surface area contributed by atoms with Crippen molar-refractivity contribution in [3.8, 4) is 0 Å². The van der Waals surface area contributed by atoms with Gasteiger partial charge in [0.25, 0.3) is 0 Å². The zero-order valence-corrected chi connectivity index (χ0v) is 15.5. The average molecular weight is 404 g/mol. The number of carboxylic acids is 1. The molecule has 3 rings (SSSR count). The Morgan fingerprint density at radius 2 is 2.04 bits per heavy atom. The highest BCUT2D eigenvalue weighted by Gasteiger charge is 2.38. The van der Waals surface area contributed by atoms with Crippen molar-refractivity contribution in [3.05, 3.63) is 39.3 Å². The second-order valence-electron chi connectivity index (χ2n) is 5.98. The van der Waals surface area contributed by atoms with E-state index in [0.29, 0.717) is 6.54 Å². The zero-order valence-electron chi connectivity index (χ0n) is 14.7. The molecule has 0 fully saturated rings. The minimum atomic E-state index is -5.08. The summed E-state index contributed by atoms with van der Waals surface area (Å²) in [6, 6.07) is 2.17. The van der Waals surface area contributed by atoms with Gasteiger partial charge in [0.2, 0.25) is 5.91 Å². The number of hydrogen-bond donors (Lipinski definition) is 2. The number of nitrogens with one attached hydrogen (secondary N) is 1. The number of aromatic nitrogens is 2. The molecule has 0 unspecified atom stereocenters. The summed E-state index contributed by atoms with van der Waals surface area (Å²) >= 11 is 1.73. The average Bonchev–Trinajstić information content (AvgIpc) is 3.25. The molecule has 3 heterocycles. The number of hydrogen-bond acceptors (Lipinski definition) is 5. The van der Waals surface area contributed by atoms with Crippen LogP contribution in [0.15, 0.2) is 16.8 Å². The molecule has 0 aliphatic carbocycles. The van der Waals surface area contributed by atoms with Crippen molar-refractivity contribution in [2.75, 3.05) is 0 Å². The van der Waals surface area contributed by atoms with Crippen LogP contribution in [0.25, 0.3) is 0 Å². The number of aryl methyl sites for hydroxylation is 1. The van der Waals surface area contributed by atoms with Crippen molar-refractivity contribution in [3.63, 3.8) is 0 Å². The highest BCUT2D eigenvalue weighted by atomic mass is 32.1. The van der Waals surface area contributed by atoms with Gasteiger partial charge in [0.15, 0.2) is 0 Å². The molecule has 0 saturated heterocycles. The van der Waals surface area contributed by atoms with Crippen molar-refractivity contribution in [1.29, 1.82) is 0 Å². The SMILES string of the molecule is CC(=O)NCc1nn(C)c2c1CN(Cc1ccsc1)C2.O=C(O)C(F)(F)F. The van der Waals surface area contributed by atoms with Crippen LogP contribution in [0.3, 0.4) is 0 Å². The summed E-state index contributed by atoms with van der Waals surface area (Å²) in [5, 5.41) is 18.8. The number of rotatable bonds is 4. The maximum absolute atomic E-state index is 11.0. The van der Waals surface area contributed by atoms with E-state index in [2.05, 4.69) is 32.1 Å². The van der Waals surface area contributed by atoms with Gasteiger partial charge in [0.05, 0.1) is 17.9 Å². The van der Waals surface area contributed by atoms with Crippen LogP contribution in [0, 0.1) is 0 Å². The van der Waals surface area contributed by atoms with Gasteiger partial charge in [-0.1, -0.05) is 0 Å². The predicted octanol–water partition coefficient (Wildman–Crippen LogP) is 2.27. The topological polar surface area (TPSA) is 87.5 Å². The second-order valence-corrected chi connectivity index (χ2v) is 6.76. The number of thiophene rings is 1. The van der Waals surface area contributed by atoms with Gasteiger partial charge in [0, 0.05) is 39.2 Å². The van der Waals surface area contributed by atoms with Crippen LogP contribution in [0.2, 0.25) is 0 Å². The highest BCUT2D eigenvalue weighted by molar-refractivity contribution is 7.07. The summed E-state index contributed by atoms with van der Waals surface area (Å²) in [4.78, 5) is 22.3. The molecular formula is C16H19F3N4O3S. The molecule has 148 valence electrons. The van der Waals surface area contributed by atoms with Crippen molar-refractivity contribution in [1.82, 2.24) is 20.0 Å². The first kappa shape index (κ1) is 20.9. The Bertz CT molecular complexity index is 803. The van der Waals surface area contributed by atoms with Gasteiger partial charge >= 0.3 is 12.1 Å². The first-order valence-corrected chi connectivity index (χ1v) is 8.83. The summed E-state index contributed by atoms with van der Waals surface area (Å²) in [7, 11) is 1.98. The maximum atomic E-state index is 11.0. The third-order valence-corrected chi connectivity index (χ3v) is 4.58. The lowest BCUT2D eigenvalue weighted by atomic mass is 10.2. The molecule has 0 spiro atoms. The fraction of sp³-hybridized carbons (Fsp3) is 0.438. The van der Waals surface area contributed by atoms with Crippen LogP contribution in [0.5, 0.6) is 0 Å². The zero-order chi connectivity index (χ0) is 20.2. The normalized spacial score (nSPS) is 13.7. The number of aliphatic carboxylic acids is 1. The van der Waals surface area contributed by atoms with E-state index < -0.39 is 12.1 Å². The molecular weight excluding hydrogens is 385 g/mol. The van der Waals surface area contributed by atoms with Gasteiger partial charge in [-0.2, -0.15) is 29.6 Å². The molecule has 0 bridgehead atoms. The lowest BCUT2D eigenvalue weighted by Crippen LogP contribution is -2.21. The molecule has 11 heteroatoms. The number of amides is 1. The molecule has 2 aromatic heterocycles. The largest absolute Gasteiger partial charge is 0.490 e. The number of carboxylic acid groups (broad SMARTS) is 1. The van der Waals surface area contributed by atoms with E-state index in [1.165, 1.54) is 23.7 Å². The minimum absolute atomic E-state index is 0.0162. The highest BCUT2D eigenvalue weighted by Crippen LogP contribution is 2.27. The molecule has 1 aliphatic rings. The maximum Gasteiger partial charge on any atom is 0.490 e. The van der Waals surface area contributed by atoms with Crippen LogP contribution < -0.4 is 5.32 Å². The number of fused-ring (bicyclic) bond motifs is 1. The van der Waals surface area contributed by atoms with Crippen LogP contribution in [-0.4, -0.2) is 37.8 Å². The van der Waals surface area contributed by atoms with Gasteiger partial charge in [-0.3, -0.25) is 14.4 Å². The van der Waals surface area contributed by atoms with E-state index in [4.69, 9.17) is 9.90 Å². The number of halogens is 3. The Morgan fingerprint density at radius 1 is 1.37 bits per heavy atom. The van der Waals surface area contributed by atoms with E-state index >= 15 is 0 Å². The quantitative estimate of drug-likeness (QED) is 0.816. The molecule has 1 aliphatic heterocycles. The monoisotopic (exact) mass is 404 g/mol. The van der Waals surface area contributed by atoms with E-state index in [1.807, 2.05) is 11.7 Å². The smallest absolute Gasteiger partial charge is 0.475 e. The van der Waals surface area contributed by atoms with E-state index in [0.717, 1.165) is 25.3 Å². The molecule has 0 aromatic carbocycles. The summed E-state index contributed by atoms with van der Waals surface area (Å²) in [5.41, 5.74) is 4.89. The number of carbonyl (C=O) groups excluding carboxylic acids is 1.